The minimum atomic E-state index is -0.459. The van der Waals surface area contributed by atoms with Crippen LogP contribution in [-0.2, 0) is 11.2 Å². The van der Waals surface area contributed by atoms with Crippen molar-refractivity contribution in [3.63, 3.8) is 0 Å². The summed E-state index contributed by atoms with van der Waals surface area (Å²) in [5, 5.41) is 6.25. The van der Waals surface area contributed by atoms with E-state index in [0.717, 1.165) is 16.6 Å². The van der Waals surface area contributed by atoms with Gasteiger partial charge >= 0.3 is 0 Å². The maximum Gasteiger partial charge on any atom is 0.239 e. The molecule has 1 atom stereocenters. The van der Waals surface area contributed by atoms with E-state index in [9.17, 15) is 4.79 Å². The van der Waals surface area contributed by atoms with E-state index in [1.54, 1.807) is 18.3 Å². The Balaban J connectivity index is 2.50. The van der Waals surface area contributed by atoms with Gasteiger partial charge in [-0.2, -0.15) is 0 Å². The molecule has 1 amide bonds. The van der Waals surface area contributed by atoms with Crippen LogP contribution in [0.3, 0.4) is 0 Å². The molecule has 0 saturated carbocycles. The summed E-state index contributed by atoms with van der Waals surface area (Å²) in [4.78, 5) is 21.1. The standard InChI is InChI=1S/C14H20N4OS/c1-7(2)5-10-6-20-14-11(10)13(17-9(4)18-14)16-8(3)12(15)19/h6-8H,5H2,1-4H3,(H2,15,19)(H,16,17,18)/t8-/m1/s1. The molecule has 6 heteroatoms. The lowest BCUT2D eigenvalue weighted by molar-refractivity contribution is -0.118. The molecule has 2 aromatic heterocycles. The summed E-state index contributed by atoms with van der Waals surface area (Å²) in [7, 11) is 0. The second kappa shape index (κ2) is 5.75. The zero-order chi connectivity index (χ0) is 14.9. The zero-order valence-corrected chi connectivity index (χ0v) is 13.0. The fourth-order valence-corrected chi connectivity index (χ4v) is 3.08. The minimum Gasteiger partial charge on any atom is -0.368 e. The van der Waals surface area contributed by atoms with E-state index in [4.69, 9.17) is 5.73 Å². The second-order valence-corrected chi connectivity index (χ2v) is 6.28. The van der Waals surface area contributed by atoms with Crippen LogP contribution in [0.25, 0.3) is 10.2 Å². The van der Waals surface area contributed by atoms with Gasteiger partial charge in [-0.05, 0) is 37.1 Å². The summed E-state index contributed by atoms with van der Waals surface area (Å²) in [6.45, 7) is 7.94. The highest BCUT2D eigenvalue weighted by atomic mass is 32.1. The van der Waals surface area contributed by atoms with E-state index in [1.165, 1.54) is 5.56 Å². The van der Waals surface area contributed by atoms with Gasteiger partial charge in [-0.3, -0.25) is 4.79 Å². The minimum absolute atomic E-state index is 0.393. The average molecular weight is 292 g/mol. The quantitative estimate of drug-likeness (QED) is 0.887. The van der Waals surface area contributed by atoms with E-state index < -0.39 is 11.9 Å². The lowest BCUT2D eigenvalue weighted by Gasteiger charge is -2.13. The van der Waals surface area contributed by atoms with Crippen molar-refractivity contribution in [3.8, 4) is 0 Å². The molecule has 0 aliphatic heterocycles. The van der Waals surface area contributed by atoms with Crippen LogP contribution in [-0.4, -0.2) is 21.9 Å². The van der Waals surface area contributed by atoms with Gasteiger partial charge in [-0.15, -0.1) is 11.3 Å². The second-order valence-electron chi connectivity index (χ2n) is 5.43. The number of nitrogens with two attached hydrogens (primary N) is 1. The predicted octanol–water partition coefficient (Wildman–Crippen LogP) is 2.48. The normalized spacial score (nSPS) is 12.8. The van der Waals surface area contributed by atoms with Crippen LogP contribution in [0.1, 0.15) is 32.2 Å². The van der Waals surface area contributed by atoms with Crippen LogP contribution < -0.4 is 11.1 Å². The molecule has 0 fully saturated rings. The number of carbonyl (C=O) groups excluding carboxylic acids is 1. The molecule has 20 heavy (non-hydrogen) atoms. The molecule has 2 heterocycles. The Morgan fingerprint density at radius 1 is 1.40 bits per heavy atom. The van der Waals surface area contributed by atoms with E-state index in [1.807, 2.05) is 6.92 Å². The van der Waals surface area contributed by atoms with E-state index in [0.29, 0.717) is 17.6 Å². The van der Waals surface area contributed by atoms with Gasteiger partial charge in [0.1, 0.15) is 22.5 Å². The highest BCUT2D eigenvalue weighted by Crippen LogP contribution is 2.31. The SMILES string of the molecule is Cc1nc(N[C@H](C)C(N)=O)c2c(CC(C)C)csc2n1. The fraction of sp³-hybridized carbons (Fsp3) is 0.500. The summed E-state index contributed by atoms with van der Waals surface area (Å²) < 4.78 is 0. The Labute approximate surface area is 122 Å². The van der Waals surface area contributed by atoms with E-state index >= 15 is 0 Å². The van der Waals surface area contributed by atoms with Crippen molar-refractivity contribution in [1.29, 1.82) is 0 Å². The number of anilines is 1. The van der Waals surface area contributed by atoms with Gasteiger partial charge < -0.3 is 11.1 Å². The summed E-state index contributed by atoms with van der Waals surface area (Å²) in [5.41, 5.74) is 6.54. The highest BCUT2D eigenvalue weighted by Gasteiger charge is 2.17. The Morgan fingerprint density at radius 2 is 2.10 bits per heavy atom. The molecular weight excluding hydrogens is 272 g/mol. The Kier molecular flexibility index (Phi) is 4.23. The smallest absolute Gasteiger partial charge is 0.239 e. The average Bonchev–Trinajstić information content (AvgIpc) is 2.71. The number of carbonyl (C=O) groups is 1. The number of nitrogens with one attached hydrogen (secondary N) is 1. The van der Waals surface area contributed by atoms with Gasteiger partial charge in [-0.1, -0.05) is 13.8 Å². The molecule has 0 radical (unpaired) electrons. The molecular formula is C14H20N4OS. The molecule has 0 bridgehead atoms. The molecule has 0 aliphatic carbocycles. The zero-order valence-electron chi connectivity index (χ0n) is 12.2. The Hall–Kier alpha value is -1.69. The number of rotatable bonds is 5. The van der Waals surface area contributed by atoms with Gasteiger partial charge in [0.15, 0.2) is 0 Å². The van der Waals surface area contributed by atoms with Crippen molar-refractivity contribution >= 4 is 33.3 Å². The Morgan fingerprint density at radius 3 is 2.70 bits per heavy atom. The van der Waals surface area contributed by atoms with Gasteiger partial charge in [-0.25, -0.2) is 9.97 Å². The highest BCUT2D eigenvalue weighted by molar-refractivity contribution is 7.17. The first kappa shape index (κ1) is 14.7. The number of primary amides is 1. The number of aryl methyl sites for hydroxylation is 1. The van der Waals surface area contributed by atoms with E-state index in [-0.39, 0.29) is 0 Å². The van der Waals surface area contributed by atoms with Crippen molar-refractivity contribution in [2.24, 2.45) is 11.7 Å². The van der Waals surface area contributed by atoms with Crippen LogP contribution in [0.5, 0.6) is 0 Å². The van der Waals surface area contributed by atoms with Gasteiger partial charge in [0, 0.05) is 0 Å². The van der Waals surface area contributed by atoms with Gasteiger partial charge in [0.2, 0.25) is 5.91 Å². The third-order valence-corrected chi connectivity index (χ3v) is 3.95. The number of hydrogen-bond donors (Lipinski definition) is 2. The molecule has 2 rings (SSSR count). The van der Waals surface area contributed by atoms with Gasteiger partial charge in [0.25, 0.3) is 0 Å². The molecule has 5 nitrogen and oxygen atoms in total. The molecule has 108 valence electrons. The first-order chi connectivity index (χ1) is 9.38. The summed E-state index contributed by atoms with van der Waals surface area (Å²) in [6.07, 6.45) is 0.964. The third kappa shape index (κ3) is 3.07. The van der Waals surface area contributed by atoms with Crippen molar-refractivity contribution in [2.45, 2.75) is 40.2 Å². The first-order valence-corrected chi connectivity index (χ1v) is 7.57. The van der Waals surface area contributed by atoms with E-state index in [2.05, 4.69) is 34.5 Å². The molecule has 0 aliphatic rings. The lowest BCUT2D eigenvalue weighted by Crippen LogP contribution is -2.33. The number of nitrogens with zero attached hydrogens (tertiary/aromatic N) is 2. The van der Waals surface area contributed by atoms with Crippen LogP contribution >= 0.6 is 11.3 Å². The van der Waals surface area contributed by atoms with Crippen molar-refractivity contribution in [2.75, 3.05) is 5.32 Å². The molecule has 0 unspecified atom stereocenters. The number of fused-ring (bicyclic) bond motifs is 1. The monoisotopic (exact) mass is 292 g/mol. The maximum atomic E-state index is 11.2. The van der Waals surface area contributed by atoms with Crippen LogP contribution in [0, 0.1) is 12.8 Å². The van der Waals surface area contributed by atoms with Crippen LogP contribution in [0.15, 0.2) is 5.38 Å². The maximum absolute atomic E-state index is 11.2. The molecule has 0 spiro atoms. The topological polar surface area (TPSA) is 80.9 Å². The molecule has 0 saturated heterocycles. The van der Waals surface area contributed by atoms with Gasteiger partial charge in [0.05, 0.1) is 5.39 Å². The first-order valence-electron chi connectivity index (χ1n) is 6.69. The summed E-state index contributed by atoms with van der Waals surface area (Å²) in [6, 6.07) is -0.459. The number of aromatic nitrogens is 2. The molecule has 3 N–H and O–H groups in total. The molecule has 2 aromatic rings. The van der Waals surface area contributed by atoms with Crippen molar-refractivity contribution < 1.29 is 4.79 Å². The largest absolute Gasteiger partial charge is 0.368 e. The van der Waals surface area contributed by atoms with Crippen LogP contribution in [0.2, 0.25) is 0 Å². The number of hydrogen-bond acceptors (Lipinski definition) is 5. The predicted molar refractivity (Wildman–Crippen MR) is 83.0 cm³/mol. The summed E-state index contributed by atoms with van der Waals surface area (Å²) in [5.74, 6) is 1.55. The lowest BCUT2D eigenvalue weighted by atomic mass is 10.0. The van der Waals surface area contributed by atoms with Crippen molar-refractivity contribution in [1.82, 2.24) is 9.97 Å². The Bertz CT molecular complexity index is 635. The van der Waals surface area contributed by atoms with Crippen molar-refractivity contribution in [3.05, 3.63) is 16.8 Å². The summed E-state index contributed by atoms with van der Waals surface area (Å²) >= 11 is 1.61. The number of thiophene rings is 1. The molecule has 0 aromatic carbocycles. The number of amides is 1. The third-order valence-electron chi connectivity index (χ3n) is 3.03. The fourth-order valence-electron chi connectivity index (χ4n) is 2.08. The van der Waals surface area contributed by atoms with Crippen LogP contribution in [0.4, 0.5) is 5.82 Å².